The lowest BCUT2D eigenvalue weighted by Gasteiger charge is -2.05. The number of benzene rings is 2. The molecule has 0 spiro atoms. The molecule has 16 heavy (non-hydrogen) atoms. The van der Waals surface area contributed by atoms with E-state index in [2.05, 4.69) is 5.92 Å². The largest absolute Gasteiger partial charge is 0.457 e. The molecule has 0 aliphatic carbocycles. The number of hydrogen-bond acceptors (Lipinski definition) is 2. The molecule has 0 aliphatic heterocycles. The molecule has 0 aliphatic rings. The van der Waals surface area contributed by atoms with Crippen molar-refractivity contribution in [1.82, 2.24) is 0 Å². The number of nitrogen functional groups attached to an aromatic ring is 1. The second-order valence-electron chi connectivity index (χ2n) is 3.34. The molecule has 2 aromatic carbocycles. The molecule has 0 bridgehead atoms. The molecule has 0 unspecified atom stereocenters. The topological polar surface area (TPSA) is 35.2 Å². The van der Waals surface area contributed by atoms with Crippen molar-refractivity contribution in [2.45, 2.75) is 0 Å². The number of hydrogen-bond donors (Lipinski definition) is 1. The van der Waals surface area contributed by atoms with E-state index < -0.39 is 0 Å². The molecule has 2 aromatic rings. The van der Waals surface area contributed by atoms with Crippen LogP contribution in [0, 0.1) is 12.3 Å². The van der Waals surface area contributed by atoms with Gasteiger partial charge in [0.05, 0.1) is 0 Å². The quantitative estimate of drug-likeness (QED) is 0.609. The SMILES string of the molecule is C#Cc1ccc(Oc2ccc(N)cc2)cc1. The predicted octanol–water partition coefficient (Wildman–Crippen LogP) is 3.04. The van der Waals surface area contributed by atoms with Crippen LogP contribution in [0.15, 0.2) is 48.5 Å². The smallest absolute Gasteiger partial charge is 0.127 e. The van der Waals surface area contributed by atoms with Crippen molar-refractivity contribution in [2.75, 3.05) is 5.73 Å². The standard InChI is InChI=1S/C14H11NO/c1-2-11-3-7-13(8-4-11)16-14-9-5-12(15)6-10-14/h1,3-10H,15H2. The Hall–Kier alpha value is -2.40. The average Bonchev–Trinajstić information content (AvgIpc) is 2.33. The highest BCUT2D eigenvalue weighted by molar-refractivity contribution is 5.44. The molecule has 0 heterocycles. The molecular formula is C14H11NO. The number of anilines is 1. The van der Waals surface area contributed by atoms with Gasteiger partial charge in [-0.15, -0.1) is 6.42 Å². The van der Waals surface area contributed by atoms with Gasteiger partial charge in [0.1, 0.15) is 11.5 Å². The molecule has 78 valence electrons. The van der Waals surface area contributed by atoms with Crippen molar-refractivity contribution >= 4 is 5.69 Å². The summed E-state index contributed by atoms with van der Waals surface area (Å²) in [5.41, 5.74) is 7.14. The first-order chi connectivity index (χ1) is 7.78. The first-order valence-corrected chi connectivity index (χ1v) is 4.88. The van der Waals surface area contributed by atoms with Crippen LogP contribution in [-0.4, -0.2) is 0 Å². The minimum absolute atomic E-state index is 0.718. The zero-order chi connectivity index (χ0) is 11.4. The van der Waals surface area contributed by atoms with Crippen molar-refractivity contribution in [2.24, 2.45) is 0 Å². The van der Waals surface area contributed by atoms with E-state index in [1.807, 2.05) is 36.4 Å². The van der Waals surface area contributed by atoms with Gasteiger partial charge in [0, 0.05) is 11.3 Å². The fourth-order valence-electron chi connectivity index (χ4n) is 1.29. The lowest BCUT2D eigenvalue weighted by Crippen LogP contribution is -1.86. The van der Waals surface area contributed by atoms with Crippen LogP contribution in [0.5, 0.6) is 11.5 Å². The van der Waals surface area contributed by atoms with Gasteiger partial charge < -0.3 is 10.5 Å². The van der Waals surface area contributed by atoms with E-state index in [0.29, 0.717) is 0 Å². The van der Waals surface area contributed by atoms with Crippen LogP contribution in [0.3, 0.4) is 0 Å². The molecule has 0 aromatic heterocycles. The molecule has 0 amide bonds. The summed E-state index contributed by atoms with van der Waals surface area (Å²) in [6, 6.07) is 14.6. The Morgan fingerprint density at radius 2 is 1.38 bits per heavy atom. The number of nitrogens with two attached hydrogens (primary N) is 1. The third-order valence-corrected chi connectivity index (χ3v) is 2.14. The monoisotopic (exact) mass is 209 g/mol. The first-order valence-electron chi connectivity index (χ1n) is 4.88. The van der Waals surface area contributed by atoms with Crippen LogP contribution in [-0.2, 0) is 0 Å². The number of ether oxygens (including phenoxy) is 1. The van der Waals surface area contributed by atoms with E-state index in [1.54, 1.807) is 12.1 Å². The Labute approximate surface area is 94.7 Å². The lowest BCUT2D eigenvalue weighted by molar-refractivity contribution is 0.483. The molecule has 0 fully saturated rings. The van der Waals surface area contributed by atoms with Crippen LogP contribution in [0.25, 0.3) is 0 Å². The third kappa shape index (κ3) is 2.34. The molecule has 0 atom stereocenters. The van der Waals surface area contributed by atoms with Gasteiger partial charge in [0.25, 0.3) is 0 Å². The Bertz CT molecular complexity index is 506. The van der Waals surface area contributed by atoms with Crippen LogP contribution < -0.4 is 10.5 Å². The van der Waals surface area contributed by atoms with Gasteiger partial charge in [-0.1, -0.05) is 5.92 Å². The zero-order valence-corrected chi connectivity index (χ0v) is 8.68. The van der Waals surface area contributed by atoms with Crippen molar-refractivity contribution in [1.29, 1.82) is 0 Å². The van der Waals surface area contributed by atoms with Crippen molar-refractivity contribution in [3.8, 4) is 23.8 Å². The Morgan fingerprint density at radius 1 is 0.875 bits per heavy atom. The molecular weight excluding hydrogens is 198 g/mol. The minimum Gasteiger partial charge on any atom is -0.457 e. The van der Waals surface area contributed by atoms with Gasteiger partial charge in [-0.25, -0.2) is 0 Å². The summed E-state index contributed by atoms with van der Waals surface area (Å²) in [5, 5.41) is 0. The molecule has 0 saturated carbocycles. The highest BCUT2D eigenvalue weighted by atomic mass is 16.5. The maximum atomic E-state index is 5.61. The van der Waals surface area contributed by atoms with Gasteiger partial charge in [-0.05, 0) is 48.5 Å². The van der Waals surface area contributed by atoms with E-state index in [-0.39, 0.29) is 0 Å². The van der Waals surface area contributed by atoms with E-state index in [9.17, 15) is 0 Å². The average molecular weight is 209 g/mol. The minimum atomic E-state index is 0.718. The molecule has 2 heteroatoms. The third-order valence-electron chi connectivity index (χ3n) is 2.14. The Kier molecular flexibility index (Phi) is 2.79. The van der Waals surface area contributed by atoms with Crippen molar-refractivity contribution < 1.29 is 4.74 Å². The summed E-state index contributed by atoms with van der Waals surface area (Å²) in [5.74, 6) is 4.06. The van der Waals surface area contributed by atoms with Crippen LogP contribution in [0.2, 0.25) is 0 Å². The Balaban J connectivity index is 2.15. The zero-order valence-electron chi connectivity index (χ0n) is 8.68. The molecule has 2 nitrogen and oxygen atoms in total. The second kappa shape index (κ2) is 4.41. The highest BCUT2D eigenvalue weighted by Gasteiger charge is 1.96. The maximum absolute atomic E-state index is 5.61. The number of rotatable bonds is 2. The Morgan fingerprint density at radius 3 is 1.88 bits per heavy atom. The predicted molar refractivity (Wildman–Crippen MR) is 65.3 cm³/mol. The second-order valence-corrected chi connectivity index (χ2v) is 3.34. The summed E-state index contributed by atoms with van der Waals surface area (Å²) >= 11 is 0. The summed E-state index contributed by atoms with van der Waals surface area (Å²) in [6.07, 6.45) is 5.26. The summed E-state index contributed by atoms with van der Waals surface area (Å²) in [6.45, 7) is 0. The summed E-state index contributed by atoms with van der Waals surface area (Å²) < 4.78 is 5.61. The van der Waals surface area contributed by atoms with E-state index in [1.165, 1.54) is 0 Å². The number of terminal acetylenes is 1. The normalized spacial score (nSPS) is 9.44. The van der Waals surface area contributed by atoms with E-state index in [4.69, 9.17) is 16.9 Å². The van der Waals surface area contributed by atoms with Crippen LogP contribution >= 0.6 is 0 Å². The van der Waals surface area contributed by atoms with E-state index in [0.717, 1.165) is 22.7 Å². The molecule has 0 radical (unpaired) electrons. The van der Waals surface area contributed by atoms with Gasteiger partial charge in [0.2, 0.25) is 0 Å². The van der Waals surface area contributed by atoms with Crippen molar-refractivity contribution in [3.05, 3.63) is 54.1 Å². The maximum Gasteiger partial charge on any atom is 0.127 e. The van der Waals surface area contributed by atoms with Gasteiger partial charge in [0.15, 0.2) is 0 Å². The highest BCUT2D eigenvalue weighted by Crippen LogP contribution is 2.22. The van der Waals surface area contributed by atoms with E-state index >= 15 is 0 Å². The fraction of sp³-hybridized carbons (Fsp3) is 0. The molecule has 0 saturated heterocycles. The summed E-state index contributed by atoms with van der Waals surface area (Å²) in [7, 11) is 0. The lowest BCUT2D eigenvalue weighted by atomic mass is 10.2. The fourth-order valence-corrected chi connectivity index (χ4v) is 1.29. The van der Waals surface area contributed by atoms with Crippen LogP contribution in [0.1, 0.15) is 5.56 Å². The first kappa shape index (κ1) is 10.1. The van der Waals surface area contributed by atoms with Gasteiger partial charge >= 0.3 is 0 Å². The molecule has 2 rings (SSSR count). The molecule has 2 N–H and O–H groups in total. The van der Waals surface area contributed by atoms with Crippen molar-refractivity contribution in [3.63, 3.8) is 0 Å². The van der Waals surface area contributed by atoms with Gasteiger partial charge in [-0.2, -0.15) is 0 Å². The van der Waals surface area contributed by atoms with Crippen LogP contribution in [0.4, 0.5) is 5.69 Å². The summed E-state index contributed by atoms with van der Waals surface area (Å²) in [4.78, 5) is 0. The van der Waals surface area contributed by atoms with Gasteiger partial charge in [-0.3, -0.25) is 0 Å².